The Labute approximate surface area is 147 Å². The van der Waals surface area contributed by atoms with E-state index in [-0.39, 0.29) is 22.9 Å². The number of amides is 1. The van der Waals surface area contributed by atoms with E-state index in [1.807, 2.05) is 5.38 Å². The quantitative estimate of drug-likeness (QED) is 0.877. The summed E-state index contributed by atoms with van der Waals surface area (Å²) in [5, 5.41) is 5.61. The van der Waals surface area contributed by atoms with Gasteiger partial charge in [-0.3, -0.25) is 9.69 Å². The van der Waals surface area contributed by atoms with Gasteiger partial charge in [0.05, 0.1) is 23.7 Å². The van der Waals surface area contributed by atoms with Gasteiger partial charge in [0.2, 0.25) is 5.91 Å². The number of morpholine rings is 1. The first-order chi connectivity index (χ1) is 10.7. The fourth-order valence-corrected chi connectivity index (χ4v) is 3.87. The maximum absolute atomic E-state index is 12.0. The van der Waals surface area contributed by atoms with E-state index in [1.165, 1.54) is 11.3 Å². The zero-order chi connectivity index (χ0) is 17.0. The number of anilines is 1. The number of thiazole rings is 1. The molecule has 1 saturated heterocycles. The highest BCUT2D eigenvalue weighted by atomic mass is 32.2. The molecule has 1 fully saturated rings. The molecule has 0 bridgehead atoms. The lowest BCUT2D eigenvalue weighted by molar-refractivity contribution is -0.113. The summed E-state index contributed by atoms with van der Waals surface area (Å²) >= 11 is 3.13. The molecule has 1 aromatic rings. The van der Waals surface area contributed by atoms with E-state index in [0.717, 1.165) is 25.3 Å². The number of carbonyl (C=O) groups excluding carboxylic acids is 1. The number of carbonyl (C=O) groups is 1. The Balaban J connectivity index is 1.82. The predicted octanol–water partition coefficient (Wildman–Crippen LogP) is 3.22. The Morgan fingerprint density at radius 3 is 2.70 bits per heavy atom. The highest BCUT2D eigenvalue weighted by Gasteiger charge is 2.23. The third kappa shape index (κ3) is 6.79. The molecule has 2 heterocycles. The van der Waals surface area contributed by atoms with E-state index >= 15 is 0 Å². The highest BCUT2D eigenvalue weighted by molar-refractivity contribution is 8.01. The van der Waals surface area contributed by atoms with Crippen LogP contribution in [0, 0.1) is 0 Å². The van der Waals surface area contributed by atoms with Gasteiger partial charge in [0, 0.05) is 29.8 Å². The average Bonchev–Trinajstić information content (AvgIpc) is 2.81. The first-order valence-corrected chi connectivity index (χ1v) is 9.84. The van der Waals surface area contributed by atoms with Crippen LogP contribution in [-0.2, 0) is 16.1 Å². The van der Waals surface area contributed by atoms with Crippen LogP contribution in [0.25, 0.3) is 0 Å². The van der Waals surface area contributed by atoms with Crippen molar-refractivity contribution >= 4 is 34.1 Å². The number of nitrogens with one attached hydrogen (secondary N) is 1. The maximum Gasteiger partial charge on any atom is 0.236 e. The number of thioether (sulfide) groups is 1. The minimum atomic E-state index is 0.0134. The van der Waals surface area contributed by atoms with E-state index in [9.17, 15) is 4.79 Å². The number of rotatable bonds is 5. The standard InChI is InChI=1S/C16H27N3O2S2/c1-11-6-19(7-12(2)21-11)8-13-9-22-15(17-13)18-14(20)10-23-16(3,4)5/h9,11-12H,6-8,10H2,1-5H3,(H,17,18,20). The number of nitrogens with zero attached hydrogens (tertiary/aromatic N) is 2. The minimum Gasteiger partial charge on any atom is -0.373 e. The molecule has 1 N–H and O–H groups in total. The maximum atomic E-state index is 12.0. The van der Waals surface area contributed by atoms with Gasteiger partial charge in [0.1, 0.15) is 0 Å². The van der Waals surface area contributed by atoms with Crippen LogP contribution >= 0.6 is 23.1 Å². The van der Waals surface area contributed by atoms with E-state index in [2.05, 4.69) is 49.8 Å². The molecule has 5 nitrogen and oxygen atoms in total. The summed E-state index contributed by atoms with van der Waals surface area (Å²) in [7, 11) is 0. The topological polar surface area (TPSA) is 54.5 Å². The van der Waals surface area contributed by atoms with E-state index in [4.69, 9.17) is 4.74 Å². The first kappa shape index (κ1) is 18.7. The van der Waals surface area contributed by atoms with Gasteiger partial charge in [0.25, 0.3) is 0 Å². The smallest absolute Gasteiger partial charge is 0.236 e. The summed E-state index contributed by atoms with van der Waals surface area (Å²) in [5.41, 5.74) is 1.01. The van der Waals surface area contributed by atoms with Crippen LogP contribution in [0.15, 0.2) is 5.38 Å². The predicted molar refractivity (Wildman–Crippen MR) is 98.2 cm³/mol. The van der Waals surface area contributed by atoms with Crippen LogP contribution in [0.1, 0.15) is 40.3 Å². The minimum absolute atomic E-state index is 0.0134. The van der Waals surface area contributed by atoms with Gasteiger partial charge in [0.15, 0.2) is 5.13 Å². The zero-order valence-corrected chi connectivity index (χ0v) is 16.2. The molecule has 1 aliphatic heterocycles. The van der Waals surface area contributed by atoms with Crippen LogP contribution in [0.2, 0.25) is 0 Å². The second kappa shape index (κ2) is 7.96. The van der Waals surface area contributed by atoms with Gasteiger partial charge >= 0.3 is 0 Å². The van der Waals surface area contributed by atoms with E-state index in [1.54, 1.807) is 11.8 Å². The Bertz CT molecular complexity index is 518. The molecule has 2 unspecified atom stereocenters. The lowest BCUT2D eigenvalue weighted by Crippen LogP contribution is -2.44. The van der Waals surface area contributed by atoms with Crippen LogP contribution in [0.3, 0.4) is 0 Å². The molecule has 1 aliphatic rings. The van der Waals surface area contributed by atoms with Gasteiger partial charge in [-0.2, -0.15) is 0 Å². The summed E-state index contributed by atoms with van der Waals surface area (Å²) in [5.74, 6) is 0.469. The van der Waals surface area contributed by atoms with Crippen LogP contribution in [-0.4, -0.2) is 51.6 Å². The number of hydrogen-bond acceptors (Lipinski definition) is 6. The third-order valence-corrected chi connectivity index (χ3v) is 5.39. The van der Waals surface area contributed by atoms with Crippen molar-refractivity contribution in [1.82, 2.24) is 9.88 Å². The van der Waals surface area contributed by atoms with Crippen molar-refractivity contribution in [1.29, 1.82) is 0 Å². The Hall–Kier alpha value is -0.630. The summed E-state index contributed by atoms with van der Waals surface area (Å²) in [6.07, 6.45) is 0.511. The zero-order valence-electron chi connectivity index (χ0n) is 14.6. The second-order valence-corrected chi connectivity index (χ2v) is 9.70. The molecule has 2 rings (SSSR count). The second-order valence-electron chi connectivity index (χ2n) is 7.04. The number of ether oxygens (including phenoxy) is 1. The van der Waals surface area contributed by atoms with E-state index < -0.39 is 0 Å². The van der Waals surface area contributed by atoms with Crippen molar-refractivity contribution in [2.75, 3.05) is 24.2 Å². The van der Waals surface area contributed by atoms with E-state index in [0.29, 0.717) is 10.9 Å². The van der Waals surface area contributed by atoms with Gasteiger partial charge in [-0.05, 0) is 13.8 Å². The van der Waals surface area contributed by atoms with Crippen molar-refractivity contribution in [3.63, 3.8) is 0 Å². The SMILES string of the molecule is CC1CN(Cc2csc(NC(=O)CSC(C)(C)C)n2)CC(C)O1. The molecule has 130 valence electrons. The Morgan fingerprint density at radius 2 is 2.09 bits per heavy atom. The molecule has 0 saturated carbocycles. The fraction of sp³-hybridized carbons (Fsp3) is 0.750. The highest BCUT2D eigenvalue weighted by Crippen LogP contribution is 2.24. The van der Waals surface area contributed by atoms with Crippen molar-refractivity contribution in [2.45, 2.75) is 58.1 Å². The normalized spacial score (nSPS) is 23.0. The van der Waals surface area contributed by atoms with Crippen LogP contribution in [0.5, 0.6) is 0 Å². The molecular formula is C16H27N3O2S2. The fourth-order valence-electron chi connectivity index (χ4n) is 2.52. The van der Waals surface area contributed by atoms with Gasteiger partial charge in [-0.15, -0.1) is 23.1 Å². The van der Waals surface area contributed by atoms with Crippen molar-refractivity contribution in [3.05, 3.63) is 11.1 Å². The summed E-state index contributed by atoms with van der Waals surface area (Å²) in [6, 6.07) is 0. The molecule has 0 aromatic carbocycles. The van der Waals surface area contributed by atoms with Crippen LogP contribution < -0.4 is 5.32 Å². The lowest BCUT2D eigenvalue weighted by Gasteiger charge is -2.34. The van der Waals surface area contributed by atoms with Crippen molar-refractivity contribution in [2.24, 2.45) is 0 Å². The number of aromatic nitrogens is 1. The lowest BCUT2D eigenvalue weighted by atomic mass is 10.2. The summed E-state index contributed by atoms with van der Waals surface area (Å²) in [6.45, 7) is 13.2. The molecule has 0 spiro atoms. The largest absolute Gasteiger partial charge is 0.373 e. The molecule has 0 radical (unpaired) electrons. The third-order valence-electron chi connectivity index (χ3n) is 3.32. The molecule has 0 aliphatic carbocycles. The molecule has 1 aromatic heterocycles. The summed E-state index contributed by atoms with van der Waals surface area (Å²) in [4.78, 5) is 18.8. The average molecular weight is 358 g/mol. The Kier molecular flexibility index (Phi) is 6.48. The van der Waals surface area contributed by atoms with Gasteiger partial charge < -0.3 is 10.1 Å². The first-order valence-electron chi connectivity index (χ1n) is 7.97. The van der Waals surface area contributed by atoms with Crippen LogP contribution in [0.4, 0.5) is 5.13 Å². The monoisotopic (exact) mass is 357 g/mol. The van der Waals surface area contributed by atoms with Crippen molar-refractivity contribution in [3.8, 4) is 0 Å². The molecular weight excluding hydrogens is 330 g/mol. The Morgan fingerprint density at radius 1 is 1.43 bits per heavy atom. The van der Waals surface area contributed by atoms with Crippen molar-refractivity contribution < 1.29 is 9.53 Å². The van der Waals surface area contributed by atoms with Gasteiger partial charge in [-0.25, -0.2) is 4.98 Å². The molecule has 23 heavy (non-hydrogen) atoms. The number of hydrogen-bond donors (Lipinski definition) is 1. The van der Waals surface area contributed by atoms with Gasteiger partial charge in [-0.1, -0.05) is 20.8 Å². The summed E-state index contributed by atoms with van der Waals surface area (Å²) < 4.78 is 5.84. The molecule has 2 atom stereocenters. The molecule has 1 amide bonds. The molecule has 7 heteroatoms.